The fourth-order valence-corrected chi connectivity index (χ4v) is 4.02. The average Bonchev–Trinajstić information content (AvgIpc) is 2.60. The number of anilines is 3. The highest BCUT2D eigenvalue weighted by atomic mass is 19.1. The molecule has 0 spiro atoms. The molecule has 0 aliphatic carbocycles. The Balaban J connectivity index is 1.68. The lowest BCUT2D eigenvalue weighted by Crippen LogP contribution is -2.60. The zero-order valence-corrected chi connectivity index (χ0v) is 17.1. The summed E-state index contributed by atoms with van der Waals surface area (Å²) in [6.45, 7) is 8.68. The zero-order valence-electron chi connectivity index (χ0n) is 17.1. The molecule has 1 aliphatic heterocycles. The zero-order chi connectivity index (χ0) is 21.2. The molecule has 0 saturated carbocycles. The van der Waals surface area contributed by atoms with Crippen LogP contribution in [0, 0.1) is 5.82 Å². The lowest BCUT2D eigenvalue weighted by molar-refractivity contribution is 0.0962. The summed E-state index contributed by atoms with van der Waals surface area (Å²) in [5.74, 6) is -0.0450. The van der Waals surface area contributed by atoms with Crippen LogP contribution in [0.3, 0.4) is 0 Å². The van der Waals surface area contributed by atoms with Crippen LogP contribution in [0.2, 0.25) is 0 Å². The average molecular weight is 401 g/mol. The van der Waals surface area contributed by atoms with Crippen molar-refractivity contribution in [3.05, 3.63) is 42.0 Å². The molecular formula is C20H28FN7O. The molecule has 0 radical (unpaired) electrons. The van der Waals surface area contributed by atoms with Gasteiger partial charge in [0.2, 0.25) is 0 Å². The molecule has 1 aromatic carbocycles. The summed E-state index contributed by atoms with van der Waals surface area (Å²) in [6.07, 6.45) is 3.19. The summed E-state index contributed by atoms with van der Waals surface area (Å²) in [7, 11) is 0. The Hall–Kier alpha value is -2.94. The van der Waals surface area contributed by atoms with E-state index in [2.05, 4.69) is 59.1 Å². The van der Waals surface area contributed by atoms with E-state index in [9.17, 15) is 9.18 Å². The standard InChI is InChI=1S/C20H28FN7O/c1-19(2)9-14(10-20(3,4)28-19)25-16-15(22)17(24-11-23-16)26-27-18(29)12-5-7-13(21)8-6-12/h5-8,11,14,28H,9-10,22H2,1-4H3,(H,27,29)(H2,23,24,25,26). The van der Waals surface area contributed by atoms with Crippen LogP contribution in [-0.4, -0.2) is 33.0 Å². The number of nitrogens with zero attached hydrogens (tertiary/aromatic N) is 2. The number of hydrazine groups is 1. The molecule has 3 rings (SSSR count). The van der Waals surface area contributed by atoms with E-state index in [0.29, 0.717) is 17.1 Å². The van der Waals surface area contributed by atoms with Gasteiger partial charge in [-0.1, -0.05) is 0 Å². The van der Waals surface area contributed by atoms with E-state index in [-0.39, 0.29) is 22.9 Å². The third-order valence-electron chi connectivity index (χ3n) is 4.82. The predicted octanol–water partition coefficient (Wildman–Crippen LogP) is 2.68. The second-order valence-electron chi connectivity index (χ2n) is 8.71. The molecule has 2 aromatic rings. The molecule has 1 amide bonds. The van der Waals surface area contributed by atoms with E-state index in [4.69, 9.17) is 5.73 Å². The van der Waals surface area contributed by atoms with Gasteiger partial charge < -0.3 is 16.4 Å². The molecule has 8 nitrogen and oxygen atoms in total. The second-order valence-corrected chi connectivity index (χ2v) is 8.71. The highest BCUT2D eigenvalue weighted by Crippen LogP contribution is 2.32. The Morgan fingerprint density at radius 3 is 2.31 bits per heavy atom. The highest BCUT2D eigenvalue weighted by molar-refractivity contribution is 5.95. The molecule has 0 bridgehead atoms. The highest BCUT2D eigenvalue weighted by Gasteiger charge is 2.37. The maximum absolute atomic E-state index is 13.0. The number of piperidine rings is 1. The number of hydrogen-bond donors (Lipinski definition) is 5. The molecule has 156 valence electrons. The Kier molecular flexibility index (Phi) is 5.61. The summed E-state index contributed by atoms with van der Waals surface area (Å²) in [4.78, 5) is 20.5. The molecule has 0 atom stereocenters. The van der Waals surface area contributed by atoms with Gasteiger partial charge in [0.25, 0.3) is 5.91 Å². The van der Waals surface area contributed by atoms with Crippen LogP contribution in [0.25, 0.3) is 0 Å². The molecule has 0 unspecified atom stereocenters. The number of hydrogen-bond acceptors (Lipinski definition) is 7. The number of nitrogen functional groups attached to an aromatic ring is 1. The SMILES string of the molecule is CC1(C)CC(Nc2ncnc(NNC(=O)c3ccc(F)cc3)c2N)CC(C)(C)N1. The monoisotopic (exact) mass is 401 g/mol. The summed E-state index contributed by atoms with van der Waals surface area (Å²) in [5, 5.41) is 7.05. The van der Waals surface area contributed by atoms with Crippen molar-refractivity contribution in [2.75, 3.05) is 16.5 Å². The molecule has 1 fully saturated rings. The van der Waals surface area contributed by atoms with Crippen LogP contribution in [0.5, 0.6) is 0 Å². The Labute approximate surface area is 169 Å². The quantitative estimate of drug-likeness (QED) is 0.489. The lowest BCUT2D eigenvalue weighted by atomic mass is 9.79. The van der Waals surface area contributed by atoms with E-state index >= 15 is 0 Å². The van der Waals surface area contributed by atoms with Gasteiger partial charge in [0.05, 0.1) is 0 Å². The van der Waals surface area contributed by atoms with Crippen LogP contribution in [0.15, 0.2) is 30.6 Å². The van der Waals surface area contributed by atoms with E-state index in [1.165, 1.54) is 30.6 Å². The van der Waals surface area contributed by atoms with Crippen LogP contribution >= 0.6 is 0 Å². The summed E-state index contributed by atoms with van der Waals surface area (Å²) in [6, 6.07) is 5.41. The first-order chi connectivity index (χ1) is 13.5. The number of nitrogens with two attached hydrogens (primary N) is 1. The van der Waals surface area contributed by atoms with Crippen LogP contribution in [0.4, 0.5) is 21.7 Å². The van der Waals surface area contributed by atoms with Crippen molar-refractivity contribution in [1.29, 1.82) is 0 Å². The molecule has 2 heterocycles. The molecular weight excluding hydrogens is 373 g/mol. The molecule has 6 N–H and O–H groups in total. The van der Waals surface area contributed by atoms with E-state index in [1.807, 2.05) is 0 Å². The summed E-state index contributed by atoms with van der Waals surface area (Å²) < 4.78 is 13.0. The van der Waals surface area contributed by atoms with E-state index in [0.717, 1.165) is 12.8 Å². The number of aromatic nitrogens is 2. The van der Waals surface area contributed by atoms with Gasteiger partial charge in [-0.2, -0.15) is 0 Å². The third-order valence-corrected chi connectivity index (χ3v) is 4.82. The second kappa shape index (κ2) is 7.82. The maximum atomic E-state index is 13.0. The fourth-order valence-electron chi connectivity index (χ4n) is 4.02. The van der Waals surface area contributed by atoms with Gasteiger partial charge in [-0.25, -0.2) is 14.4 Å². The predicted molar refractivity (Wildman–Crippen MR) is 112 cm³/mol. The molecule has 1 aromatic heterocycles. The largest absolute Gasteiger partial charge is 0.393 e. The number of carbonyl (C=O) groups excluding carboxylic acids is 1. The minimum Gasteiger partial charge on any atom is -0.393 e. The molecule has 1 saturated heterocycles. The van der Waals surface area contributed by atoms with Crippen LogP contribution < -0.4 is 27.2 Å². The summed E-state index contributed by atoms with van der Waals surface area (Å²) in [5.41, 5.74) is 12.0. The first-order valence-electron chi connectivity index (χ1n) is 9.53. The number of rotatable bonds is 5. The van der Waals surface area contributed by atoms with Crippen molar-refractivity contribution in [1.82, 2.24) is 20.7 Å². The molecule has 29 heavy (non-hydrogen) atoms. The van der Waals surface area contributed by atoms with Gasteiger partial charge in [0.15, 0.2) is 11.6 Å². The number of halogens is 1. The topological polar surface area (TPSA) is 117 Å². The number of nitrogens with one attached hydrogen (secondary N) is 4. The Bertz CT molecular complexity index is 867. The normalized spacial score (nSPS) is 18.1. The number of benzene rings is 1. The minimum atomic E-state index is -0.431. The van der Waals surface area contributed by atoms with Crippen molar-refractivity contribution in [3.8, 4) is 0 Å². The van der Waals surface area contributed by atoms with Gasteiger partial charge in [0.1, 0.15) is 17.8 Å². The van der Waals surface area contributed by atoms with Crippen molar-refractivity contribution >= 4 is 23.2 Å². The van der Waals surface area contributed by atoms with Crippen molar-refractivity contribution in [2.24, 2.45) is 0 Å². The van der Waals surface area contributed by atoms with Crippen LogP contribution in [-0.2, 0) is 0 Å². The number of carbonyl (C=O) groups is 1. The Morgan fingerprint density at radius 1 is 1.10 bits per heavy atom. The van der Waals surface area contributed by atoms with E-state index in [1.54, 1.807) is 0 Å². The fraction of sp³-hybridized carbons (Fsp3) is 0.450. The van der Waals surface area contributed by atoms with Gasteiger partial charge in [-0.3, -0.25) is 15.6 Å². The first-order valence-corrected chi connectivity index (χ1v) is 9.53. The smallest absolute Gasteiger partial charge is 0.269 e. The van der Waals surface area contributed by atoms with Crippen molar-refractivity contribution < 1.29 is 9.18 Å². The van der Waals surface area contributed by atoms with Gasteiger partial charge in [-0.05, 0) is 64.8 Å². The molecule has 9 heteroatoms. The van der Waals surface area contributed by atoms with Gasteiger partial charge in [-0.15, -0.1) is 0 Å². The first kappa shape index (κ1) is 20.8. The Morgan fingerprint density at radius 2 is 1.69 bits per heavy atom. The molecule has 1 aliphatic rings. The van der Waals surface area contributed by atoms with Gasteiger partial charge >= 0.3 is 0 Å². The van der Waals surface area contributed by atoms with E-state index < -0.39 is 11.7 Å². The van der Waals surface area contributed by atoms with Crippen molar-refractivity contribution in [3.63, 3.8) is 0 Å². The maximum Gasteiger partial charge on any atom is 0.269 e. The van der Waals surface area contributed by atoms with Gasteiger partial charge in [0, 0.05) is 22.7 Å². The van der Waals surface area contributed by atoms with Crippen molar-refractivity contribution in [2.45, 2.75) is 57.7 Å². The lowest BCUT2D eigenvalue weighted by Gasteiger charge is -2.46. The minimum absolute atomic E-state index is 0.0224. The third kappa shape index (κ3) is 5.32. The summed E-state index contributed by atoms with van der Waals surface area (Å²) >= 11 is 0. The number of amides is 1. The van der Waals surface area contributed by atoms with Crippen LogP contribution in [0.1, 0.15) is 50.9 Å².